The molecule has 2 rings (SSSR count). The van der Waals surface area contributed by atoms with Gasteiger partial charge in [-0.15, -0.1) is 0 Å². The molecule has 0 amide bonds. The van der Waals surface area contributed by atoms with Crippen LogP contribution in [0.1, 0.15) is 12.0 Å². The van der Waals surface area contributed by atoms with Crippen LogP contribution in [0.5, 0.6) is 0 Å². The Bertz CT molecular complexity index is 783. The molecule has 5 nitrogen and oxygen atoms in total. The zero-order chi connectivity index (χ0) is 15.6. The molecule has 0 unspecified atom stereocenters. The van der Waals surface area contributed by atoms with Crippen molar-refractivity contribution in [3.8, 4) is 0 Å². The molecule has 0 radical (unpaired) electrons. The summed E-state index contributed by atoms with van der Waals surface area (Å²) in [6.07, 6.45) is -0.220. The third-order valence-electron chi connectivity index (χ3n) is 3.32. The highest BCUT2D eigenvalue weighted by Gasteiger charge is 2.21. The topological polar surface area (TPSA) is 74.7 Å². The van der Waals surface area contributed by atoms with Crippen LogP contribution in [-0.4, -0.2) is 37.4 Å². The smallest absolute Gasteiger partial charge is 0.304 e. The third-order valence-corrected chi connectivity index (χ3v) is 5.17. The number of benzene rings is 2. The highest BCUT2D eigenvalue weighted by atomic mass is 32.2. The van der Waals surface area contributed by atoms with E-state index in [0.29, 0.717) is 0 Å². The first kappa shape index (κ1) is 15.5. The summed E-state index contributed by atoms with van der Waals surface area (Å²) in [5, 5.41) is 10.5. The minimum atomic E-state index is -3.67. The largest absolute Gasteiger partial charge is 0.481 e. The maximum absolute atomic E-state index is 12.4. The molecule has 0 atom stereocenters. The van der Waals surface area contributed by atoms with Crippen molar-refractivity contribution in [2.45, 2.75) is 18.2 Å². The average molecular weight is 307 g/mol. The van der Waals surface area contributed by atoms with Crippen LogP contribution in [0.4, 0.5) is 0 Å². The molecule has 0 heterocycles. The fourth-order valence-corrected chi connectivity index (χ4v) is 3.26. The van der Waals surface area contributed by atoms with Gasteiger partial charge in [-0.05, 0) is 29.8 Å². The summed E-state index contributed by atoms with van der Waals surface area (Å²) in [5.74, 6) is -1.02. The van der Waals surface area contributed by atoms with E-state index in [1.807, 2.05) is 25.1 Å². The van der Waals surface area contributed by atoms with E-state index in [-0.39, 0.29) is 17.9 Å². The standard InChI is InChI=1S/C15H17NO4S/c1-11-3-4-13-10-14(6-5-12(13)9-11)21(19,20)16(2)8-7-15(17)18/h3-6,9-10H,7-8H2,1-2H3,(H,17,18). The molecule has 0 aliphatic carbocycles. The Morgan fingerprint density at radius 2 is 1.76 bits per heavy atom. The van der Waals surface area contributed by atoms with E-state index in [2.05, 4.69) is 0 Å². The molecule has 0 saturated carbocycles. The molecule has 0 bridgehead atoms. The molecular weight excluding hydrogens is 290 g/mol. The monoisotopic (exact) mass is 307 g/mol. The van der Waals surface area contributed by atoms with Crippen LogP contribution in [0, 0.1) is 6.92 Å². The van der Waals surface area contributed by atoms with Crippen LogP contribution in [0.25, 0.3) is 10.8 Å². The normalized spacial score (nSPS) is 12.0. The lowest BCUT2D eigenvalue weighted by molar-refractivity contribution is -0.137. The molecule has 0 aromatic heterocycles. The van der Waals surface area contributed by atoms with E-state index in [0.717, 1.165) is 20.6 Å². The Hall–Kier alpha value is -1.92. The van der Waals surface area contributed by atoms with Gasteiger partial charge in [0, 0.05) is 13.6 Å². The summed E-state index contributed by atoms with van der Waals surface area (Å²) >= 11 is 0. The number of sulfonamides is 1. The lowest BCUT2D eigenvalue weighted by Crippen LogP contribution is -2.29. The van der Waals surface area contributed by atoms with E-state index < -0.39 is 16.0 Å². The van der Waals surface area contributed by atoms with Gasteiger partial charge in [0.15, 0.2) is 0 Å². The zero-order valence-corrected chi connectivity index (χ0v) is 12.7. The first-order chi connectivity index (χ1) is 9.80. The first-order valence-electron chi connectivity index (χ1n) is 6.49. The van der Waals surface area contributed by atoms with Gasteiger partial charge >= 0.3 is 5.97 Å². The van der Waals surface area contributed by atoms with Crippen molar-refractivity contribution >= 4 is 26.8 Å². The van der Waals surface area contributed by atoms with Crippen molar-refractivity contribution in [3.63, 3.8) is 0 Å². The van der Waals surface area contributed by atoms with E-state index in [9.17, 15) is 13.2 Å². The summed E-state index contributed by atoms with van der Waals surface area (Å²) in [7, 11) is -2.28. The molecule has 0 saturated heterocycles. The molecule has 0 spiro atoms. The van der Waals surface area contributed by atoms with Gasteiger partial charge in [-0.1, -0.05) is 29.8 Å². The Balaban J connectivity index is 2.35. The molecule has 0 aliphatic heterocycles. The highest BCUT2D eigenvalue weighted by Crippen LogP contribution is 2.22. The van der Waals surface area contributed by atoms with Gasteiger partial charge in [0.1, 0.15) is 0 Å². The number of hydrogen-bond donors (Lipinski definition) is 1. The summed E-state index contributed by atoms with van der Waals surface area (Å²) < 4.78 is 25.8. The van der Waals surface area contributed by atoms with Crippen LogP contribution in [-0.2, 0) is 14.8 Å². The van der Waals surface area contributed by atoms with Crippen molar-refractivity contribution < 1.29 is 18.3 Å². The van der Waals surface area contributed by atoms with Crippen LogP contribution < -0.4 is 0 Å². The van der Waals surface area contributed by atoms with Crippen LogP contribution in [0.3, 0.4) is 0 Å². The SMILES string of the molecule is Cc1ccc2cc(S(=O)(=O)N(C)CCC(=O)O)ccc2c1. The van der Waals surface area contributed by atoms with Crippen molar-refractivity contribution in [2.24, 2.45) is 0 Å². The molecule has 2 aromatic rings. The zero-order valence-electron chi connectivity index (χ0n) is 11.9. The lowest BCUT2D eigenvalue weighted by Gasteiger charge is -2.16. The number of hydrogen-bond acceptors (Lipinski definition) is 3. The van der Waals surface area contributed by atoms with Gasteiger partial charge < -0.3 is 5.11 Å². The molecule has 0 aliphatic rings. The minimum absolute atomic E-state index is 0.0520. The number of aryl methyl sites for hydroxylation is 1. The van der Waals surface area contributed by atoms with Gasteiger partial charge in [0.25, 0.3) is 0 Å². The summed E-state index contributed by atoms with van der Waals surface area (Å²) in [6.45, 7) is 1.92. The van der Waals surface area contributed by atoms with Gasteiger partial charge in [-0.2, -0.15) is 0 Å². The Labute approximate surface area is 123 Å². The fraction of sp³-hybridized carbons (Fsp3) is 0.267. The number of carboxylic acid groups (broad SMARTS) is 1. The van der Waals surface area contributed by atoms with Crippen LogP contribution >= 0.6 is 0 Å². The minimum Gasteiger partial charge on any atom is -0.481 e. The van der Waals surface area contributed by atoms with Gasteiger partial charge in [0.05, 0.1) is 11.3 Å². The predicted molar refractivity (Wildman–Crippen MR) is 80.8 cm³/mol. The summed E-state index contributed by atoms with van der Waals surface area (Å²) in [4.78, 5) is 10.7. The van der Waals surface area contributed by atoms with Crippen molar-refractivity contribution in [1.29, 1.82) is 0 Å². The lowest BCUT2D eigenvalue weighted by atomic mass is 10.1. The van der Waals surface area contributed by atoms with Crippen molar-refractivity contribution in [2.75, 3.05) is 13.6 Å². The van der Waals surface area contributed by atoms with Crippen molar-refractivity contribution in [3.05, 3.63) is 42.0 Å². The molecular formula is C15H17NO4S. The molecule has 112 valence electrons. The molecule has 2 aromatic carbocycles. The van der Waals surface area contributed by atoms with E-state index in [1.165, 1.54) is 7.05 Å². The second-order valence-electron chi connectivity index (χ2n) is 4.98. The van der Waals surface area contributed by atoms with Crippen LogP contribution in [0.2, 0.25) is 0 Å². The highest BCUT2D eigenvalue weighted by molar-refractivity contribution is 7.89. The molecule has 1 N–H and O–H groups in total. The maximum Gasteiger partial charge on any atom is 0.304 e. The Morgan fingerprint density at radius 1 is 1.14 bits per heavy atom. The number of carboxylic acids is 1. The van der Waals surface area contributed by atoms with Gasteiger partial charge in [-0.25, -0.2) is 12.7 Å². The second-order valence-corrected chi connectivity index (χ2v) is 7.03. The predicted octanol–water partition coefficient (Wildman–Crippen LogP) is 2.24. The quantitative estimate of drug-likeness (QED) is 0.919. The fourth-order valence-electron chi connectivity index (χ4n) is 2.06. The maximum atomic E-state index is 12.4. The van der Waals surface area contributed by atoms with E-state index >= 15 is 0 Å². The van der Waals surface area contributed by atoms with E-state index in [1.54, 1.807) is 18.2 Å². The second kappa shape index (κ2) is 5.83. The van der Waals surface area contributed by atoms with E-state index in [4.69, 9.17) is 5.11 Å². The molecule has 21 heavy (non-hydrogen) atoms. The summed E-state index contributed by atoms with van der Waals surface area (Å²) in [6, 6.07) is 10.7. The third kappa shape index (κ3) is 3.40. The van der Waals surface area contributed by atoms with Gasteiger partial charge in [-0.3, -0.25) is 4.79 Å². The molecule has 6 heteroatoms. The van der Waals surface area contributed by atoms with Gasteiger partial charge in [0.2, 0.25) is 10.0 Å². The Kier molecular flexibility index (Phi) is 4.29. The number of fused-ring (bicyclic) bond motifs is 1. The number of carbonyl (C=O) groups is 1. The number of aliphatic carboxylic acids is 1. The average Bonchev–Trinajstić information content (AvgIpc) is 2.43. The molecule has 0 fully saturated rings. The Morgan fingerprint density at radius 3 is 2.43 bits per heavy atom. The number of rotatable bonds is 5. The number of nitrogens with zero attached hydrogens (tertiary/aromatic N) is 1. The van der Waals surface area contributed by atoms with Crippen molar-refractivity contribution in [1.82, 2.24) is 4.31 Å². The first-order valence-corrected chi connectivity index (χ1v) is 7.93. The summed E-state index contributed by atoms with van der Waals surface area (Å²) in [5.41, 5.74) is 1.11. The van der Waals surface area contributed by atoms with Crippen LogP contribution in [0.15, 0.2) is 41.3 Å².